The first-order valence-corrected chi connectivity index (χ1v) is 6.09. The van der Waals surface area contributed by atoms with Gasteiger partial charge in [-0.25, -0.2) is 4.39 Å². The molecule has 4 heteroatoms. The van der Waals surface area contributed by atoms with Crippen LogP contribution in [0, 0.1) is 12.7 Å². The molecule has 0 bridgehead atoms. The van der Waals surface area contributed by atoms with Crippen molar-refractivity contribution in [1.29, 1.82) is 0 Å². The van der Waals surface area contributed by atoms with Crippen molar-refractivity contribution < 1.29 is 9.18 Å². The lowest BCUT2D eigenvalue weighted by molar-refractivity contribution is 0.0912. The maximum absolute atomic E-state index is 13.2. The quantitative estimate of drug-likeness (QED) is 0.824. The molecule has 0 fully saturated rings. The second-order valence-corrected chi connectivity index (χ2v) is 4.79. The summed E-state index contributed by atoms with van der Waals surface area (Å²) >= 11 is 5.81. The lowest BCUT2D eigenvalue weighted by Crippen LogP contribution is -2.47. The first kappa shape index (κ1) is 14.0. The Morgan fingerprint density at radius 2 is 2.12 bits per heavy atom. The predicted octanol–water partition coefficient (Wildman–Crippen LogP) is 3.27. The molecule has 0 aliphatic rings. The third-order valence-electron chi connectivity index (χ3n) is 2.79. The lowest BCUT2D eigenvalue weighted by Gasteiger charge is -2.27. The molecule has 0 saturated carbocycles. The van der Waals surface area contributed by atoms with Gasteiger partial charge in [-0.05, 0) is 44.0 Å². The van der Waals surface area contributed by atoms with E-state index < -0.39 is 11.4 Å². The zero-order valence-corrected chi connectivity index (χ0v) is 11.1. The van der Waals surface area contributed by atoms with Crippen LogP contribution in [-0.4, -0.2) is 17.3 Å². The van der Waals surface area contributed by atoms with Crippen LogP contribution in [0.1, 0.15) is 36.2 Å². The Balaban J connectivity index is 2.90. The summed E-state index contributed by atoms with van der Waals surface area (Å²) in [4.78, 5) is 11.9. The van der Waals surface area contributed by atoms with E-state index >= 15 is 0 Å². The second-order valence-electron chi connectivity index (χ2n) is 4.52. The van der Waals surface area contributed by atoms with Gasteiger partial charge in [0.2, 0.25) is 0 Å². The number of hydrogen-bond acceptors (Lipinski definition) is 1. The molecular weight excluding hydrogens is 241 g/mol. The normalized spacial score (nSPS) is 14.2. The van der Waals surface area contributed by atoms with E-state index in [2.05, 4.69) is 5.32 Å². The minimum Gasteiger partial charge on any atom is -0.346 e. The van der Waals surface area contributed by atoms with Gasteiger partial charge in [-0.2, -0.15) is 0 Å². The molecule has 0 aliphatic heterocycles. The lowest BCUT2D eigenvalue weighted by atomic mass is 10.0. The highest BCUT2D eigenvalue weighted by molar-refractivity contribution is 6.18. The van der Waals surface area contributed by atoms with Gasteiger partial charge in [0.15, 0.2) is 0 Å². The van der Waals surface area contributed by atoms with Crippen molar-refractivity contribution in [3.63, 3.8) is 0 Å². The molecule has 0 radical (unpaired) electrons. The molecule has 1 aromatic carbocycles. The van der Waals surface area contributed by atoms with Crippen molar-refractivity contribution in [2.75, 3.05) is 5.88 Å². The summed E-state index contributed by atoms with van der Waals surface area (Å²) in [6, 6.07) is 4.27. The predicted molar refractivity (Wildman–Crippen MR) is 68.0 cm³/mol. The fourth-order valence-corrected chi connectivity index (χ4v) is 1.69. The van der Waals surface area contributed by atoms with Gasteiger partial charge in [0.25, 0.3) is 5.91 Å². The van der Waals surface area contributed by atoms with Crippen molar-refractivity contribution >= 4 is 17.5 Å². The smallest absolute Gasteiger partial charge is 0.251 e. The highest BCUT2D eigenvalue weighted by Gasteiger charge is 2.23. The molecule has 1 atom stereocenters. The number of nitrogens with one attached hydrogen (secondary N) is 1. The van der Waals surface area contributed by atoms with E-state index in [1.54, 1.807) is 13.0 Å². The van der Waals surface area contributed by atoms with E-state index in [9.17, 15) is 9.18 Å². The van der Waals surface area contributed by atoms with Crippen LogP contribution in [0.15, 0.2) is 18.2 Å². The summed E-state index contributed by atoms with van der Waals surface area (Å²) in [7, 11) is 0. The molecule has 0 saturated heterocycles. The Morgan fingerprint density at radius 3 is 2.59 bits per heavy atom. The summed E-state index contributed by atoms with van der Waals surface area (Å²) in [6.45, 7) is 5.56. The Bertz CT molecular complexity index is 396. The molecule has 0 aliphatic carbocycles. The van der Waals surface area contributed by atoms with Gasteiger partial charge in [0, 0.05) is 11.4 Å². The fourth-order valence-electron chi connectivity index (χ4n) is 1.43. The topological polar surface area (TPSA) is 29.1 Å². The molecular formula is C13H17ClFNO. The molecule has 1 aromatic rings. The third kappa shape index (κ3) is 3.70. The number of aryl methyl sites for hydroxylation is 1. The molecule has 94 valence electrons. The number of amides is 1. The molecule has 0 heterocycles. The Labute approximate surface area is 106 Å². The second kappa shape index (κ2) is 5.50. The van der Waals surface area contributed by atoms with E-state index in [4.69, 9.17) is 11.6 Å². The van der Waals surface area contributed by atoms with Crippen molar-refractivity contribution in [1.82, 2.24) is 5.32 Å². The third-order valence-corrected chi connectivity index (χ3v) is 3.38. The van der Waals surface area contributed by atoms with E-state index in [0.29, 0.717) is 11.4 Å². The zero-order chi connectivity index (χ0) is 13.1. The van der Waals surface area contributed by atoms with E-state index in [-0.39, 0.29) is 5.91 Å². The first-order chi connectivity index (χ1) is 7.90. The molecule has 17 heavy (non-hydrogen) atoms. The standard InChI is InChI=1S/C13H17ClFNO/c1-4-13(3,8-14)16-12(17)10-5-9(2)6-11(15)7-10/h5-7H,4,8H2,1-3H3,(H,16,17). The van der Waals surface area contributed by atoms with E-state index in [1.807, 2.05) is 13.8 Å². The van der Waals surface area contributed by atoms with Crippen LogP contribution in [0.5, 0.6) is 0 Å². The van der Waals surface area contributed by atoms with Crippen LogP contribution in [0.25, 0.3) is 0 Å². The molecule has 2 nitrogen and oxygen atoms in total. The average molecular weight is 258 g/mol. The van der Waals surface area contributed by atoms with Gasteiger partial charge < -0.3 is 5.32 Å². The van der Waals surface area contributed by atoms with Gasteiger partial charge in [-0.15, -0.1) is 11.6 Å². The molecule has 1 amide bonds. The summed E-state index contributed by atoms with van der Waals surface area (Å²) in [5.74, 6) is -0.374. The molecule has 0 spiro atoms. The molecule has 0 aromatic heterocycles. The van der Waals surface area contributed by atoms with Crippen LogP contribution in [0.4, 0.5) is 4.39 Å². The van der Waals surface area contributed by atoms with Crippen LogP contribution in [0.2, 0.25) is 0 Å². The summed E-state index contributed by atoms with van der Waals surface area (Å²) in [6.07, 6.45) is 0.719. The van der Waals surface area contributed by atoms with E-state index in [1.165, 1.54) is 12.1 Å². The van der Waals surface area contributed by atoms with Crippen LogP contribution >= 0.6 is 11.6 Å². The highest BCUT2D eigenvalue weighted by Crippen LogP contribution is 2.14. The van der Waals surface area contributed by atoms with Gasteiger partial charge in [0.1, 0.15) is 5.82 Å². The number of carbonyl (C=O) groups is 1. The molecule has 1 unspecified atom stereocenters. The Morgan fingerprint density at radius 1 is 1.47 bits per heavy atom. The number of hydrogen-bond donors (Lipinski definition) is 1. The number of benzene rings is 1. The summed E-state index contributed by atoms with van der Waals surface area (Å²) in [5.41, 5.74) is 0.588. The summed E-state index contributed by atoms with van der Waals surface area (Å²) < 4.78 is 13.2. The van der Waals surface area contributed by atoms with Crippen LogP contribution in [0.3, 0.4) is 0 Å². The van der Waals surface area contributed by atoms with Crippen LogP contribution in [-0.2, 0) is 0 Å². The minimum atomic E-state index is -0.459. The van der Waals surface area contributed by atoms with Crippen molar-refractivity contribution in [3.05, 3.63) is 35.1 Å². The van der Waals surface area contributed by atoms with Gasteiger partial charge in [0.05, 0.1) is 5.54 Å². The summed E-state index contributed by atoms with van der Waals surface area (Å²) in [5, 5.41) is 2.83. The van der Waals surface area contributed by atoms with Gasteiger partial charge in [-0.1, -0.05) is 6.92 Å². The highest BCUT2D eigenvalue weighted by atomic mass is 35.5. The largest absolute Gasteiger partial charge is 0.346 e. The van der Waals surface area contributed by atoms with Crippen molar-refractivity contribution in [3.8, 4) is 0 Å². The molecule has 1 N–H and O–H groups in total. The average Bonchev–Trinajstić information content (AvgIpc) is 2.27. The van der Waals surface area contributed by atoms with E-state index in [0.717, 1.165) is 12.0 Å². The van der Waals surface area contributed by atoms with Crippen molar-refractivity contribution in [2.45, 2.75) is 32.7 Å². The van der Waals surface area contributed by atoms with Gasteiger partial charge >= 0.3 is 0 Å². The zero-order valence-electron chi connectivity index (χ0n) is 10.3. The molecule has 1 rings (SSSR count). The van der Waals surface area contributed by atoms with Crippen LogP contribution < -0.4 is 5.32 Å². The maximum Gasteiger partial charge on any atom is 0.251 e. The fraction of sp³-hybridized carbons (Fsp3) is 0.462. The number of rotatable bonds is 4. The number of halogens is 2. The Hall–Kier alpha value is -1.09. The first-order valence-electron chi connectivity index (χ1n) is 5.56. The van der Waals surface area contributed by atoms with Crippen molar-refractivity contribution in [2.24, 2.45) is 0 Å². The number of carbonyl (C=O) groups excluding carboxylic acids is 1. The Kier molecular flexibility index (Phi) is 4.52. The number of alkyl halides is 1. The van der Waals surface area contributed by atoms with Gasteiger partial charge in [-0.3, -0.25) is 4.79 Å². The maximum atomic E-state index is 13.2. The minimum absolute atomic E-state index is 0.294. The SMILES string of the molecule is CCC(C)(CCl)NC(=O)c1cc(C)cc(F)c1. The monoisotopic (exact) mass is 257 g/mol.